The van der Waals surface area contributed by atoms with Crippen molar-refractivity contribution in [2.75, 3.05) is 45.2 Å². The molecule has 0 spiro atoms. The molecule has 0 aliphatic carbocycles. The molecule has 192 valence electrons. The number of piperidine rings is 1. The first-order valence-corrected chi connectivity index (χ1v) is 13.6. The van der Waals surface area contributed by atoms with E-state index in [9.17, 15) is 13.2 Å². The number of rotatable bonds is 10. The fourth-order valence-corrected chi connectivity index (χ4v) is 6.22. The maximum atomic E-state index is 13.4. The minimum atomic E-state index is -3.58. The lowest BCUT2D eigenvalue weighted by Gasteiger charge is -2.37. The van der Waals surface area contributed by atoms with Gasteiger partial charge in [0, 0.05) is 42.8 Å². The Balaban J connectivity index is 1.49. The van der Waals surface area contributed by atoms with Crippen molar-refractivity contribution in [3.05, 3.63) is 47.8 Å². The molecule has 35 heavy (non-hydrogen) atoms. The molecular formula is C25H37N5O4S. The predicted molar refractivity (Wildman–Crippen MR) is 137 cm³/mol. The van der Waals surface area contributed by atoms with E-state index in [1.165, 1.54) is 0 Å². The number of methoxy groups -OCH3 is 1. The first-order chi connectivity index (χ1) is 16.7. The molecule has 0 unspecified atom stereocenters. The third-order valence-electron chi connectivity index (χ3n) is 6.13. The Morgan fingerprint density at radius 2 is 1.77 bits per heavy atom. The average molecular weight is 504 g/mol. The summed E-state index contributed by atoms with van der Waals surface area (Å²) in [6.07, 6.45) is 2.28. The summed E-state index contributed by atoms with van der Waals surface area (Å²) in [5.74, 6) is 0.632. The molecule has 2 N–H and O–H groups in total. The molecule has 1 aromatic carbocycles. The zero-order valence-electron chi connectivity index (χ0n) is 21.1. The second kappa shape index (κ2) is 12.3. The van der Waals surface area contributed by atoms with Gasteiger partial charge in [-0.1, -0.05) is 6.92 Å². The highest BCUT2D eigenvalue weighted by Gasteiger charge is 2.33. The minimum Gasteiger partial charge on any atom is -0.497 e. The number of amides is 2. The van der Waals surface area contributed by atoms with Crippen LogP contribution in [0.15, 0.2) is 41.3 Å². The maximum Gasteiger partial charge on any atom is 0.319 e. The molecule has 0 bridgehead atoms. The standard InChI is InChI=1S/C25H37N5O4S/c1-5-13-30(35(32,33)24-8-6-23(34-4)7-9-24)22-10-14-29(15-11-22)16-12-26-25(31)28-21-17-19(2)27-20(3)18-21/h6-9,17-18,22H,5,10-16H2,1-4H3,(H2,26,27,28,31). The van der Waals surface area contributed by atoms with Gasteiger partial charge in [0.2, 0.25) is 10.0 Å². The van der Waals surface area contributed by atoms with Gasteiger partial charge in [-0.25, -0.2) is 13.2 Å². The highest BCUT2D eigenvalue weighted by molar-refractivity contribution is 7.89. The average Bonchev–Trinajstić information content (AvgIpc) is 2.82. The maximum absolute atomic E-state index is 13.4. The van der Waals surface area contributed by atoms with E-state index in [1.807, 2.05) is 32.9 Å². The van der Waals surface area contributed by atoms with Gasteiger partial charge in [-0.15, -0.1) is 0 Å². The van der Waals surface area contributed by atoms with Crippen molar-refractivity contribution in [2.24, 2.45) is 0 Å². The predicted octanol–water partition coefficient (Wildman–Crippen LogP) is 3.39. The Morgan fingerprint density at radius 1 is 1.14 bits per heavy atom. The molecule has 0 saturated carbocycles. The van der Waals surface area contributed by atoms with E-state index in [0.29, 0.717) is 30.3 Å². The van der Waals surface area contributed by atoms with E-state index in [2.05, 4.69) is 20.5 Å². The van der Waals surface area contributed by atoms with Crippen LogP contribution < -0.4 is 15.4 Å². The normalized spacial score (nSPS) is 15.2. The van der Waals surface area contributed by atoms with E-state index in [4.69, 9.17) is 4.74 Å². The highest BCUT2D eigenvalue weighted by atomic mass is 32.2. The number of ether oxygens (including phenoxy) is 1. The van der Waals surface area contributed by atoms with Crippen LogP contribution in [0, 0.1) is 13.8 Å². The Bertz CT molecular complexity index is 1060. The number of aryl methyl sites for hydroxylation is 2. The zero-order chi connectivity index (χ0) is 25.4. The number of nitrogens with one attached hydrogen (secondary N) is 2. The number of urea groups is 1. The molecular weight excluding hydrogens is 466 g/mol. The number of benzene rings is 1. The van der Waals surface area contributed by atoms with Gasteiger partial charge in [0.25, 0.3) is 0 Å². The summed E-state index contributed by atoms with van der Waals surface area (Å²) in [5, 5.41) is 5.74. The molecule has 0 atom stereocenters. The highest BCUT2D eigenvalue weighted by Crippen LogP contribution is 2.26. The van der Waals surface area contributed by atoms with Gasteiger partial charge in [-0.3, -0.25) is 4.98 Å². The Labute approximate surface area is 208 Å². The van der Waals surface area contributed by atoms with Crippen molar-refractivity contribution in [3.8, 4) is 5.75 Å². The first-order valence-electron chi connectivity index (χ1n) is 12.1. The molecule has 1 saturated heterocycles. The lowest BCUT2D eigenvalue weighted by molar-refractivity contribution is 0.159. The second-order valence-corrected chi connectivity index (χ2v) is 10.8. The third-order valence-corrected chi connectivity index (χ3v) is 8.09. The monoisotopic (exact) mass is 503 g/mol. The first kappa shape index (κ1) is 26.9. The molecule has 1 aliphatic rings. The van der Waals surface area contributed by atoms with Gasteiger partial charge in [-0.2, -0.15) is 4.31 Å². The van der Waals surface area contributed by atoms with Gasteiger partial charge in [0.05, 0.1) is 12.0 Å². The van der Waals surface area contributed by atoms with Crippen LogP contribution in [-0.4, -0.2) is 74.5 Å². The minimum absolute atomic E-state index is 0.0345. The van der Waals surface area contributed by atoms with Crippen LogP contribution in [0.3, 0.4) is 0 Å². The summed E-state index contributed by atoms with van der Waals surface area (Å²) in [6.45, 7) is 9.08. The lowest BCUT2D eigenvalue weighted by atomic mass is 10.0. The van der Waals surface area contributed by atoms with Gasteiger partial charge in [-0.05, 0) is 82.6 Å². The Kier molecular flexibility index (Phi) is 9.47. The van der Waals surface area contributed by atoms with Crippen LogP contribution in [0.2, 0.25) is 0 Å². The number of nitrogens with zero attached hydrogens (tertiary/aromatic N) is 3. The molecule has 9 nitrogen and oxygen atoms in total. The van der Waals surface area contributed by atoms with Crippen molar-refractivity contribution in [1.82, 2.24) is 19.5 Å². The number of likely N-dealkylation sites (tertiary alicyclic amines) is 1. The lowest BCUT2D eigenvalue weighted by Crippen LogP contribution is -2.48. The van der Waals surface area contributed by atoms with Crippen LogP contribution in [-0.2, 0) is 10.0 Å². The molecule has 1 aromatic heterocycles. The molecule has 1 aliphatic heterocycles. The number of carbonyl (C=O) groups excluding carboxylic acids is 1. The summed E-state index contributed by atoms with van der Waals surface area (Å²) >= 11 is 0. The largest absolute Gasteiger partial charge is 0.497 e. The fraction of sp³-hybridized carbons (Fsp3) is 0.520. The van der Waals surface area contributed by atoms with Crippen molar-refractivity contribution in [2.45, 2.75) is 51.0 Å². The molecule has 2 aromatic rings. The van der Waals surface area contributed by atoms with Crippen LogP contribution in [0.1, 0.15) is 37.6 Å². The quantitative estimate of drug-likeness (QED) is 0.515. The van der Waals surface area contributed by atoms with Crippen molar-refractivity contribution >= 4 is 21.7 Å². The number of hydrogen-bond donors (Lipinski definition) is 2. The summed E-state index contributed by atoms with van der Waals surface area (Å²) in [5.41, 5.74) is 2.44. The molecule has 0 radical (unpaired) electrons. The van der Waals surface area contributed by atoms with Gasteiger partial charge < -0.3 is 20.3 Å². The van der Waals surface area contributed by atoms with Crippen molar-refractivity contribution < 1.29 is 17.9 Å². The summed E-state index contributed by atoms with van der Waals surface area (Å²) in [6, 6.07) is 9.96. The topological polar surface area (TPSA) is 104 Å². The number of anilines is 1. The van der Waals surface area contributed by atoms with Crippen LogP contribution in [0.4, 0.5) is 10.5 Å². The number of carbonyl (C=O) groups is 1. The van der Waals surface area contributed by atoms with Crippen LogP contribution >= 0.6 is 0 Å². The Morgan fingerprint density at radius 3 is 2.34 bits per heavy atom. The number of sulfonamides is 1. The number of pyridine rings is 1. The molecule has 2 amide bonds. The van der Waals surface area contributed by atoms with Crippen LogP contribution in [0.5, 0.6) is 5.75 Å². The number of hydrogen-bond acceptors (Lipinski definition) is 6. The van der Waals surface area contributed by atoms with Gasteiger partial charge in [0.15, 0.2) is 0 Å². The molecule has 3 rings (SSSR count). The van der Waals surface area contributed by atoms with E-state index < -0.39 is 10.0 Å². The second-order valence-electron chi connectivity index (χ2n) is 8.88. The molecule has 10 heteroatoms. The van der Waals surface area contributed by atoms with Gasteiger partial charge >= 0.3 is 6.03 Å². The fourth-order valence-electron chi connectivity index (χ4n) is 4.44. The number of aromatic nitrogens is 1. The summed E-state index contributed by atoms with van der Waals surface area (Å²) < 4.78 is 33.5. The zero-order valence-corrected chi connectivity index (χ0v) is 21.9. The third kappa shape index (κ3) is 7.39. The molecule has 1 fully saturated rings. The smallest absolute Gasteiger partial charge is 0.319 e. The van der Waals surface area contributed by atoms with E-state index in [0.717, 1.165) is 49.4 Å². The molecule has 2 heterocycles. The van der Waals surface area contributed by atoms with E-state index in [1.54, 1.807) is 35.7 Å². The summed E-state index contributed by atoms with van der Waals surface area (Å²) in [7, 11) is -2.02. The van der Waals surface area contributed by atoms with Crippen LogP contribution in [0.25, 0.3) is 0 Å². The van der Waals surface area contributed by atoms with E-state index >= 15 is 0 Å². The van der Waals surface area contributed by atoms with Crippen molar-refractivity contribution in [3.63, 3.8) is 0 Å². The SMILES string of the molecule is CCCN(C1CCN(CCNC(=O)Nc2cc(C)nc(C)c2)CC1)S(=O)(=O)c1ccc(OC)cc1. The Hall–Kier alpha value is -2.69. The van der Waals surface area contributed by atoms with E-state index in [-0.39, 0.29) is 12.1 Å². The van der Waals surface area contributed by atoms with Gasteiger partial charge in [0.1, 0.15) is 5.75 Å². The van der Waals surface area contributed by atoms with Crippen molar-refractivity contribution in [1.29, 1.82) is 0 Å². The summed E-state index contributed by atoms with van der Waals surface area (Å²) in [4.78, 5) is 19.1.